The van der Waals surface area contributed by atoms with E-state index in [2.05, 4.69) is 33.2 Å². The van der Waals surface area contributed by atoms with Gasteiger partial charge in [0.15, 0.2) is 0 Å². The summed E-state index contributed by atoms with van der Waals surface area (Å²) in [6.45, 7) is 3.68. The van der Waals surface area contributed by atoms with Gasteiger partial charge in [-0.05, 0) is 46.7 Å². The minimum Gasteiger partial charge on any atom is -0.480 e. The van der Waals surface area contributed by atoms with Crippen molar-refractivity contribution in [3.63, 3.8) is 0 Å². The molecule has 2 amide bonds. The molecule has 1 aromatic rings. The van der Waals surface area contributed by atoms with Crippen LogP contribution in [0.15, 0.2) is 24.3 Å². The van der Waals surface area contributed by atoms with E-state index >= 15 is 0 Å². The Morgan fingerprint density at radius 1 is 1.42 bits per heavy atom. The van der Waals surface area contributed by atoms with Crippen LogP contribution in [0.25, 0.3) is 0 Å². The number of halogens is 1. The SMILES string of the molecule is CC[C@H](C)[C@H](NC(=O)Nc1cccc(I)c1)C(=O)O. The summed E-state index contributed by atoms with van der Waals surface area (Å²) in [5.41, 5.74) is 0.637. The van der Waals surface area contributed by atoms with Crippen LogP contribution in [0.5, 0.6) is 0 Å². The molecule has 19 heavy (non-hydrogen) atoms. The molecule has 5 nitrogen and oxygen atoms in total. The van der Waals surface area contributed by atoms with Crippen molar-refractivity contribution in [2.24, 2.45) is 5.92 Å². The van der Waals surface area contributed by atoms with Gasteiger partial charge in [0.2, 0.25) is 0 Å². The molecule has 104 valence electrons. The van der Waals surface area contributed by atoms with Gasteiger partial charge in [-0.3, -0.25) is 0 Å². The number of rotatable bonds is 5. The van der Waals surface area contributed by atoms with Crippen molar-refractivity contribution in [1.29, 1.82) is 0 Å². The molecule has 6 heteroatoms. The third-order valence-electron chi connectivity index (χ3n) is 2.85. The van der Waals surface area contributed by atoms with Crippen LogP contribution in [0.4, 0.5) is 10.5 Å². The van der Waals surface area contributed by atoms with Gasteiger partial charge in [0.05, 0.1) is 0 Å². The highest BCUT2D eigenvalue weighted by Crippen LogP contribution is 2.13. The topological polar surface area (TPSA) is 78.4 Å². The number of hydrogen-bond acceptors (Lipinski definition) is 2. The Labute approximate surface area is 125 Å². The Morgan fingerprint density at radius 3 is 2.63 bits per heavy atom. The van der Waals surface area contributed by atoms with Gasteiger partial charge < -0.3 is 15.7 Å². The number of anilines is 1. The smallest absolute Gasteiger partial charge is 0.326 e. The lowest BCUT2D eigenvalue weighted by Gasteiger charge is -2.20. The van der Waals surface area contributed by atoms with Crippen LogP contribution < -0.4 is 10.6 Å². The van der Waals surface area contributed by atoms with E-state index in [1.165, 1.54) is 0 Å². The molecule has 0 radical (unpaired) electrons. The summed E-state index contributed by atoms with van der Waals surface area (Å²) in [6.07, 6.45) is 0.681. The first-order valence-electron chi connectivity index (χ1n) is 6.00. The maximum atomic E-state index is 11.8. The molecule has 0 heterocycles. The fourth-order valence-electron chi connectivity index (χ4n) is 1.56. The van der Waals surface area contributed by atoms with E-state index in [0.717, 1.165) is 3.57 Å². The zero-order valence-electron chi connectivity index (χ0n) is 10.8. The van der Waals surface area contributed by atoms with Crippen LogP contribution in [0.3, 0.4) is 0 Å². The molecule has 0 bridgehead atoms. The Morgan fingerprint density at radius 2 is 2.11 bits per heavy atom. The molecule has 0 aliphatic heterocycles. The molecule has 0 saturated heterocycles. The largest absolute Gasteiger partial charge is 0.480 e. The van der Waals surface area contributed by atoms with Crippen LogP contribution in [0, 0.1) is 9.49 Å². The van der Waals surface area contributed by atoms with Gasteiger partial charge in [-0.15, -0.1) is 0 Å². The second-order valence-corrected chi connectivity index (χ2v) is 5.56. The molecule has 0 fully saturated rings. The zero-order chi connectivity index (χ0) is 14.4. The molecule has 3 N–H and O–H groups in total. The number of hydrogen-bond donors (Lipinski definition) is 3. The number of benzene rings is 1. The first kappa shape index (κ1) is 15.7. The van der Waals surface area contributed by atoms with Crippen molar-refractivity contribution >= 4 is 40.3 Å². The highest BCUT2D eigenvalue weighted by Gasteiger charge is 2.25. The summed E-state index contributed by atoms with van der Waals surface area (Å²) in [4.78, 5) is 22.9. The zero-order valence-corrected chi connectivity index (χ0v) is 13.0. The molecule has 0 spiro atoms. The van der Waals surface area contributed by atoms with Crippen molar-refractivity contribution in [1.82, 2.24) is 5.32 Å². The van der Waals surface area contributed by atoms with Crippen molar-refractivity contribution in [3.8, 4) is 0 Å². The van der Waals surface area contributed by atoms with E-state index in [-0.39, 0.29) is 5.92 Å². The van der Waals surface area contributed by atoms with Gasteiger partial charge in [0.1, 0.15) is 6.04 Å². The van der Waals surface area contributed by atoms with Crippen LogP contribution >= 0.6 is 22.6 Å². The fraction of sp³-hybridized carbons (Fsp3) is 0.385. The van der Waals surface area contributed by atoms with E-state index < -0.39 is 18.0 Å². The molecule has 1 rings (SSSR count). The Balaban J connectivity index is 2.65. The number of aliphatic carboxylic acids is 1. The molecule has 0 aromatic heterocycles. The first-order chi connectivity index (χ1) is 8.93. The number of carbonyl (C=O) groups excluding carboxylic acids is 1. The average Bonchev–Trinajstić information content (AvgIpc) is 2.34. The van der Waals surface area contributed by atoms with Gasteiger partial charge in [-0.2, -0.15) is 0 Å². The number of carboxylic acid groups (broad SMARTS) is 1. The molecule has 0 aliphatic rings. The minimum absolute atomic E-state index is 0.126. The highest BCUT2D eigenvalue weighted by molar-refractivity contribution is 14.1. The Kier molecular flexibility index (Phi) is 6.07. The quantitative estimate of drug-likeness (QED) is 0.692. The number of nitrogens with one attached hydrogen (secondary N) is 2. The van der Waals surface area contributed by atoms with Gasteiger partial charge in [0.25, 0.3) is 0 Å². The molecule has 1 aromatic carbocycles. The lowest BCUT2D eigenvalue weighted by Crippen LogP contribution is -2.46. The number of carboxylic acids is 1. The van der Waals surface area contributed by atoms with Crippen LogP contribution in [0.1, 0.15) is 20.3 Å². The summed E-state index contributed by atoms with van der Waals surface area (Å²) in [5, 5.41) is 14.2. The van der Waals surface area contributed by atoms with Gasteiger partial charge in [0, 0.05) is 9.26 Å². The van der Waals surface area contributed by atoms with Crippen molar-refractivity contribution in [3.05, 3.63) is 27.8 Å². The monoisotopic (exact) mass is 376 g/mol. The van der Waals surface area contributed by atoms with E-state index in [4.69, 9.17) is 5.11 Å². The van der Waals surface area contributed by atoms with E-state index in [1.807, 2.05) is 19.1 Å². The second kappa shape index (κ2) is 7.32. The lowest BCUT2D eigenvalue weighted by molar-refractivity contribution is -0.140. The Bertz CT molecular complexity index is 465. The first-order valence-corrected chi connectivity index (χ1v) is 7.07. The maximum Gasteiger partial charge on any atom is 0.326 e. The minimum atomic E-state index is -1.02. The van der Waals surface area contributed by atoms with E-state index in [1.54, 1.807) is 19.1 Å². The average molecular weight is 376 g/mol. The molecular formula is C13H17IN2O3. The summed E-state index contributed by atoms with van der Waals surface area (Å²) >= 11 is 2.14. The van der Waals surface area contributed by atoms with Crippen LogP contribution in [-0.4, -0.2) is 23.1 Å². The van der Waals surface area contributed by atoms with E-state index in [9.17, 15) is 9.59 Å². The predicted molar refractivity (Wildman–Crippen MR) is 82.2 cm³/mol. The normalized spacial score (nSPS) is 13.4. The molecule has 0 unspecified atom stereocenters. The third-order valence-corrected chi connectivity index (χ3v) is 3.52. The summed E-state index contributed by atoms with van der Waals surface area (Å²) in [7, 11) is 0. The second-order valence-electron chi connectivity index (χ2n) is 4.31. The molecule has 0 saturated carbocycles. The molecule has 0 aliphatic carbocycles. The number of carbonyl (C=O) groups is 2. The Hall–Kier alpha value is -1.31. The summed E-state index contributed by atoms with van der Waals surface area (Å²) in [5.74, 6) is -1.15. The van der Waals surface area contributed by atoms with Crippen LogP contribution in [-0.2, 0) is 4.79 Å². The lowest BCUT2D eigenvalue weighted by atomic mass is 9.99. The summed E-state index contributed by atoms with van der Waals surface area (Å²) < 4.78 is 0.993. The van der Waals surface area contributed by atoms with Gasteiger partial charge in [-0.25, -0.2) is 9.59 Å². The highest BCUT2D eigenvalue weighted by atomic mass is 127. The van der Waals surface area contributed by atoms with Crippen molar-refractivity contribution in [2.75, 3.05) is 5.32 Å². The molecular weight excluding hydrogens is 359 g/mol. The summed E-state index contributed by atoms with van der Waals surface area (Å²) in [6, 6.07) is 5.89. The predicted octanol–water partition coefficient (Wildman–Crippen LogP) is 2.91. The van der Waals surface area contributed by atoms with E-state index in [0.29, 0.717) is 12.1 Å². The van der Waals surface area contributed by atoms with Gasteiger partial charge >= 0.3 is 12.0 Å². The van der Waals surface area contributed by atoms with Gasteiger partial charge in [-0.1, -0.05) is 26.3 Å². The number of amides is 2. The molecule has 2 atom stereocenters. The van der Waals surface area contributed by atoms with Crippen molar-refractivity contribution < 1.29 is 14.7 Å². The van der Waals surface area contributed by atoms with Crippen LogP contribution in [0.2, 0.25) is 0 Å². The number of urea groups is 1. The third kappa shape index (κ3) is 5.06. The maximum absolute atomic E-state index is 11.8. The standard InChI is InChI=1S/C13H17IN2O3/c1-3-8(2)11(12(17)18)16-13(19)15-10-6-4-5-9(14)7-10/h4-8,11H,3H2,1-2H3,(H,17,18)(H2,15,16,19)/t8-,11-/m0/s1. The van der Waals surface area contributed by atoms with Crippen molar-refractivity contribution in [2.45, 2.75) is 26.3 Å². The fourth-order valence-corrected chi connectivity index (χ4v) is 2.10.